The summed E-state index contributed by atoms with van der Waals surface area (Å²) in [6, 6.07) is 16.3. The second-order valence-electron chi connectivity index (χ2n) is 11.4. The average molecular weight is 533 g/mol. The Morgan fingerprint density at radius 1 is 1.00 bits per heavy atom. The number of rotatable bonds is 6. The molecule has 0 spiro atoms. The minimum absolute atomic E-state index is 0.215. The molecule has 0 radical (unpaired) electrons. The maximum atomic E-state index is 13.7. The van der Waals surface area contributed by atoms with Gasteiger partial charge in [-0.2, -0.15) is 0 Å². The van der Waals surface area contributed by atoms with Crippen LogP contribution in [0.25, 0.3) is 0 Å². The predicted molar refractivity (Wildman–Crippen MR) is 153 cm³/mol. The first-order chi connectivity index (χ1) is 18.6. The molecule has 2 aliphatic rings. The van der Waals surface area contributed by atoms with Crippen molar-refractivity contribution in [1.29, 1.82) is 0 Å². The smallest absolute Gasteiger partial charge is 0.408 e. The Morgan fingerprint density at radius 3 is 2.31 bits per heavy atom. The number of benzene rings is 2. The van der Waals surface area contributed by atoms with Gasteiger partial charge in [-0.3, -0.25) is 14.6 Å². The third kappa shape index (κ3) is 7.46. The largest absolute Gasteiger partial charge is 0.444 e. The molecule has 1 aliphatic heterocycles. The van der Waals surface area contributed by atoms with Crippen molar-refractivity contribution >= 4 is 29.3 Å². The highest BCUT2D eigenvalue weighted by Crippen LogP contribution is 2.32. The molecule has 0 aromatic heterocycles. The number of carbonyl (C=O) groups is 3. The fourth-order valence-electron chi connectivity index (χ4n) is 5.27. The zero-order valence-corrected chi connectivity index (χ0v) is 23.4. The van der Waals surface area contributed by atoms with Gasteiger partial charge in [0.1, 0.15) is 11.6 Å². The molecular formula is C31H40N4O4. The second kappa shape index (κ2) is 12.5. The van der Waals surface area contributed by atoms with Crippen LogP contribution in [-0.4, -0.2) is 48.5 Å². The van der Waals surface area contributed by atoms with E-state index < -0.39 is 29.8 Å². The molecule has 1 heterocycles. The van der Waals surface area contributed by atoms with Gasteiger partial charge in [0, 0.05) is 24.9 Å². The van der Waals surface area contributed by atoms with Gasteiger partial charge in [-0.1, -0.05) is 74.2 Å². The molecule has 2 atom stereocenters. The molecule has 1 fully saturated rings. The number of fused-ring (bicyclic) bond motifs is 1. The molecule has 0 unspecified atom stereocenters. The molecule has 0 saturated heterocycles. The van der Waals surface area contributed by atoms with E-state index in [0.717, 1.165) is 48.2 Å². The summed E-state index contributed by atoms with van der Waals surface area (Å²) >= 11 is 0. The van der Waals surface area contributed by atoms with Crippen LogP contribution >= 0.6 is 0 Å². The van der Waals surface area contributed by atoms with Crippen molar-refractivity contribution in [2.75, 3.05) is 11.9 Å². The summed E-state index contributed by atoms with van der Waals surface area (Å²) in [5, 5.41) is 5.57. The lowest BCUT2D eigenvalue weighted by atomic mass is 9.89. The van der Waals surface area contributed by atoms with Crippen molar-refractivity contribution in [2.45, 2.75) is 83.5 Å². The van der Waals surface area contributed by atoms with Crippen molar-refractivity contribution < 1.29 is 19.1 Å². The molecule has 8 nitrogen and oxygen atoms in total. The van der Waals surface area contributed by atoms with Gasteiger partial charge in [0.05, 0.1) is 11.4 Å². The number of nitrogens with one attached hydrogen (secondary N) is 2. The highest BCUT2D eigenvalue weighted by molar-refractivity contribution is 6.14. The SMILES string of the molecule is CN1C(=O)[C@@H](NC(=O)[C@@H](Cc2ccccc2)NC(=O)OC(C)(C)C)N=C(C2CCCCCC2)c2ccccc21. The number of aliphatic imine (C=N–C) groups is 1. The van der Waals surface area contributed by atoms with E-state index in [0.29, 0.717) is 0 Å². The number of anilines is 1. The third-order valence-corrected chi connectivity index (χ3v) is 7.18. The van der Waals surface area contributed by atoms with Crippen LogP contribution in [0.3, 0.4) is 0 Å². The summed E-state index contributed by atoms with van der Waals surface area (Å²) < 4.78 is 5.42. The van der Waals surface area contributed by atoms with Crippen molar-refractivity contribution in [3.8, 4) is 0 Å². The zero-order chi connectivity index (χ0) is 28.0. The van der Waals surface area contributed by atoms with E-state index in [9.17, 15) is 14.4 Å². The highest BCUT2D eigenvalue weighted by atomic mass is 16.6. The molecule has 8 heteroatoms. The monoisotopic (exact) mass is 532 g/mol. The predicted octanol–water partition coefficient (Wildman–Crippen LogP) is 5.00. The number of benzodiazepines with no additional fused rings is 1. The summed E-state index contributed by atoms with van der Waals surface area (Å²) in [6.07, 6.45) is 5.07. The zero-order valence-electron chi connectivity index (χ0n) is 23.4. The quantitative estimate of drug-likeness (QED) is 0.512. The number of nitrogens with zero attached hydrogens (tertiary/aromatic N) is 2. The fraction of sp³-hybridized carbons (Fsp3) is 0.484. The van der Waals surface area contributed by atoms with Gasteiger partial charge < -0.3 is 20.3 Å². The minimum atomic E-state index is -1.10. The van der Waals surface area contributed by atoms with Crippen LogP contribution < -0.4 is 15.5 Å². The molecule has 39 heavy (non-hydrogen) atoms. The average Bonchev–Trinajstić information content (AvgIpc) is 3.23. The molecule has 2 aromatic rings. The Hall–Kier alpha value is -3.68. The number of alkyl carbamates (subject to hydrolysis) is 1. The van der Waals surface area contributed by atoms with Gasteiger partial charge in [0.2, 0.25) is 12.1 Å². The summed E-state index contributed by atoms with van der Waals surface area (Å²) in [4.78, 5) is 46.4. The van der Waals surface area contributed by atoms with Crippen molar-refractivity contribution in [2.24, 2.45) is 10.9 Å². The Balaban J connectivity index is 1.63. The third-order valence-electron chi connectivity index (χ3n) is 7.18. The summed E-state index contributed by atoms with van der Waals surface area (Å²) in [5.41, 5.74) is 2.74. The number of likely N-dealkylation sites (N-methyl/N-ethyl adjacent to an activating group) is 1. The summed E-state index contributed by atoms with van der Waals surface area (Å²) in [7, 11) is 1.71. The number of hydrogen-bond donors (Lipinski definition) is 2. The molecule has 2 N–H and O–H groups in total. The molecule has 1 saturated carbocycles. The summed E-state index contributed by atoms with van der Waals surface area (Å²) in [6.45, 7) is 5.29. The van der Waals surface area contributed by atoms with Crippen molar-refractivity contribution in [3.63, 3.8) is 0 Å². The van der Waals surface area contributed by atoms with Gasteiger partial charge in [-0.05, 0) is 45.2 Å². The number of para-hydroxylation sites is 1. The molecular weight excluding hydrogens is 492 g/mol. The first-order valence-electron chi connectivity index (χ1n) is 13.9. The van der Waals surface area contributed by atoms with Crippen LogP contribution in [0.4, 0.5) is 10.5 Å². The van der Waals surface area contributed by atoms with Crippen LogP contribution in [0.15, 0.2) is 59.6 Å². The second-order valence-corrected chi connectivity index (χ2v) is 11.4. The molecule has 3 amide bonds. The van der Waals surface area contributed by atoms with E-state index >= 15 is 0 Å². The van der Waals surface area contributed by atoms with E-state index in [1.54, 1.807) is 32.7 Å². The van der Waals surface area contributed by atoms with E-state index in [1.165, 1.54) is 12.8 Å². The van der Waals surface area contributed by atoms with Gasteiger partial charge in [0.25, 0.3) is 5.91 Å². The maximum Gasteiger partial charge on any atom is 0.408 e. The van der Waals surface area contributed by atoms with Crippen LogP contribution in [0.5, 0.6) is 0 Å². The first kappa shape index (κ1) is 28.3. The van der Waals surface area contributed by atoms with E-state index in [-0.39, 0.29) is 18.2 Å². The van der Waals surface area contributed by atoms with Crippen LogP contribution in [0.1, 0.15) is 70.4 Å². The maximum absolute atomic E-state index is 13.7. The molecule has 0 bridgehead atoms. The number of amides is 3. The van der Waals surface area contributed by atoms with Gasteiger partial charge in [-0.25, -0.2) is 4.79 Å². The van der Waals surface area contributed by atoms with E-state index in [2.05, 4.69) is 10.6 Å². The lowest BCUT2D eigenvalue weighted by Crippen LogP contribution is -2.54. The first-order valence-corrected chi connectivity index (χ1v) is 13.9. The summed E-state index contributed by atoms with van der Waals surface area (Å²) in [5.74, 6) is -0.603. The Kier molecular flexibility index (Phi) is 9.04. The highest BCUT2D eigenvalue weighted by Gasteiger charge is 2.35. The minimum Gasteiger partial charge on any atom is -0.444 e. The van der Waals surface area contributed by atoms with Crippen LogP contribution in [0, 0.1) is 5.92 Å². The van der Waals surface area contributed by atoms with Crippen molar-refractivity contribution in [3.05, 3.63) is 65.7 Å². The van der Waals surface area contributed by atoms with Gasteiger partial charge in [-0.15, -0.1) is 0 Å². The lowest BCUT2D eigenvalue weighted by molar-refractivity contribution is -0.128. The fourth-order valence-corrected chi connectivity index (χ4v) is 5.27. The number of ether oxygens (including phenoxy) is 1. The van der Waals surface area contributed by atoms with Gasteiger partial charge >= 0.3 is 6.09 Å². The topological polar surface area (TPSA) is 100 Å². The van der Waals surface area contributed by atoms with E-state index in [4.69, 9.17) is 9.73 Å². The molecule has 208 valence electrons. The Bertz CT molecular complexity index is 1200. The van der Waals surface area contributed by atoms with E-state index in [1.807, 2.05) is 54.6 Å². The van der Waals surface area contributed by atoms with Crippen LogP contribution in [-0.2, 0) is 20.7 Å². The standard InChI is InChI=1S/C31H40N4O4/c1-31(2,3)39-30(38)32-24(20-21-14-8-7-9-15-21)28(36)34-27-29(37)35(4)25-19-13-12-18-23(25)26(33-27)22-16-10-5-6-11-17-22/h7-9,12-15,18-19,22,24,27H,5-6,10-11,16-17,20H2,1-4H3,(H,32,38)(H,34,36)/t24-,27-/m1/s1. The Morgan fingerprint density at radius 2 is 1.64 bits per heavy atom. The van der Waals surface area contributed by atoms with Crippen molar-refractivity contribution in [1.82, 2.24) is 10.6 Å². The molecule has 1 aliphatic carbocycles. The normalized spacial score (nSPS) is 19.2. The van der Waals surface area contributed by atoms with Gasteiger partial charge in [0.15, 0.2) is 0 Å². The molecule has 4 rings (SSSR count). The number of carbonyl (C=O) groups excluding carboxylic acids is 3. The lowest BCUT2D eigenvalue weighted by Gasteiger charge is -2.25. The number of hydrogen-bond acceptors (Lipinski definition) is 5. The molecule has 2 aromatic carbocycles. The Labute approximate surface area is 231 Å². The van der Waals surface area contributed by atoms with Crippen LogP contribution in [0.2, 0.25) is 0 Å².